The zero-order valence-electron chi connectivity index (χ0n) is 10.4. The van der Waals surface area contributed by atoms with Gasteiger partial charge in [0, 0.05) is 12.9 Å². The Balaban J connectivity index is 2.63. The number of aromatic nitrogens is 2. The summed E-state index contributed by atoms with van der Waals surface area (Å²) in [6.45, 7) is 3.57. The molecule has 1 atom stereocenters. The third kappa shape index (κ3) is 4.62. The van der Waals surface area contributed by atoms with Gasteiger partial charge in [0.15, 0.2) is 0 Å². The highest BCUT2D eigenvalue weighted by Gasteiger charge is 2.16. The molecule has 0 amide bonds. The molecule has 0 aliphatic rings. The van der Waals surface area contributed by atoms with Gasteiger partial charge in [-0.3, -0.25) is 4.68 Å². The van der Waals surface area contributed by atoms with E-state index in [0.717, 1.165) is 28.2 Å². The molecule has 0 aromatic carbocycles. The van der Waals surface area contributed by atoms with Gasteiger partial charge in [0.05, 0.1) is 35.6 Å². The third-order valence-electron chi connectivity index (χ3n) is 2.34. The van der Waals surface area contributed by atoms with E-state index in [2.05, 4.69) is 28.0 Å². The largest absolute Gasteiger partial charge is 0.383 e. The van der Waals surface area contributed by atoms with Crippen LogP contribution in [0.15, 0.2) is 10.7 Å². The number of hydrogen-bond acceptors (Lipinski definition) is 4. The van der Waals surface area contributed by atoms with E-state index in [1.54, 1.807) is 13.3 Å². The van der Waals surface area contributed by atoms with Crippen molar-refractivity contribution in [2.24, 2.45) is 5.73 Å². The minimum Gasteiger partial charge on any atom is -0.383 e. The van der Waals surface area contributed by atoms with Gasteiger partial charge < -0.3 is 10.5 Å². The Morgan fingerprint density at radius 1 is 1.65 bits per heavy atom. The molecule has 0 aliphatic carbocycles. The molecule has 1 rings (SSSR count). The van der Waals surface area contributed by atoms with E-state index in [0.29, 0.717) is 6.61 Å². The number of rotatable bonds is 8. The number of hydrogen-bond donors (Lipinski definition) is 1. The molecule has 2 N–H and O–H groups in total. The first-order valence-electron chi connectivity index (χ1n) is 5.74. The zero-order valence-corrected chi connectivity index (χ0v) is 12.8. The fraction of sp³-hybridized carbons (Fsp3) is 0.727. The van der Waals surface area contributed by atoms with Crippen LogP contribution in [0.2, 0.25) is 0 Å². The molecule has 0 saturated heterocycles. The highest BCUT2D eigenvalue weighted by Crippen LogP contribution is 2.24. The van der Waals surface area contributed by atoms with Gasteiger partial charge in [0.2, 0.25) is 0 Å². The Kier molecular flexibility index (Phi) is 7.18. The average Bonchev–Trinajstić information content (AvgIpc) is 2.68. The van der Waals surface area contributed by atoms with Gasteiger partial charge in [-0.15, -0.1) is 0 Å². The van der Waals surface area contributed by atoms with Crippen LogP contribution in [0.4, 0.5) is 0 Å². The predicted molar refractivity (Wildman–Crippen MR) is 76.3 cm³/mol. The van der Waals surface area contributed by atoms with Gasteiger partial charge in [0.1, 0.15) is 0 Å². The topological polar surface area (TPSA) is 53.1 Å². The van der Waals surface area contributed by atoms with Gasteiger partial charge in [-0.1, -0.05) is 6.92 Å². The van der Waals surface area contributed by atoms with Gasteiger partial charge in [0.25, 0.3) is 0 Å². The SMILES string of the molecule is CCCSCC(N)c1c(Br)cnn1CCOC. The second kappa shape index (κ2) is 8.13. The Hall–Kier alpha value is -0.0400. The number of nitrogens with zero attached hydrogens (tertiary/aromatic N) is 2. The first-order valence-corrected chi connectivity index (χ1v) is 7.69. The predicted octanol–water partition coefficient (Wildman–Crippen LogP) is 2.44. The van der Waals surface area contributed by atoms with Gasteiger partial charge in [-0.2, -0.15) is 16.9 Å². The molecule has 0 fully saturated rings. The van der Waals surface area contributed by atoms with Crippen molar-refractivity contribution in [1.29, 1.82) is 0 Å². The molecule has 0 bridgehead atoms. The minimum absolute atomic E-state index is 0.0141. The number of thioether (sulfide) groups is 1. The van der Waals surface area contributed by atoms with Crippen LogP contribution < -0.4 is 5.73 Å². The Labute approximate surface area is 115 Å². The summed E-state index contributed by atoms with van der Waals surface area (Å²) in [7, 11) is 1.69. The van der Waals surface area contributed by atoms with Crippen LogP contribution in [0.5, 0.6) is 0 Å². The highest BCUT2D eigenvalue weighted by molar-refractivity contribution is 9.10. The maximum absolute atomic E-state index is 6.20. The summed E-state index contributed by atoms with van der Waals surface area (Å²) in [5.41, 5.74) is 7.26. The average molecular weight is 322 g/mol. The summed E-state index contributed by atoms with van der Waals surface area (Å²) in [6, 6.07) is 0.0141. The van der Waals surface area contributed by atoms with Crippen LogP contribution in [0.25, 0.3) is 0 Å². The second-order valence-electron chi connectivity index (χ2n) is 3.78. The molecule has 0 radical (unpaired) electrons. The first kappa shape index (κ1) is 15.0. The van der Waals surface area contributed by atoms with Crippen molar-refractivity contribution >= 4 is 27.7 Å². The Bertz CT molecular complexity index is 333. The van der Waals surface area contributed by atoms with E-state index in [9.17, 15) is 0 Å². The van der Waals surface area contributed by atoms with E-state index in [1.165, 1.54) is 6.42 Å². The molecule has 4 nitrogen and oxygen atoms in total. The standard InChI is InChI=1S/C11H20BrN3OS/c1-3-6-17-8-10(13)11-9(12)7-14-15(11)4-5-16-2/h7,10H,3-6,8,13H2,1-2H3. The molecule has 0 saturated carbocycles. The van der Waals surface area contributed by atoms with Crippen molar-refractivity contribution in [2.45, 2.75) is 25.9 Å². The van der Waals surface area contributed by atoms with Crippen molar-refractivity contribution in [3.63, 3.8) is 0 Å². The fourth-order valence-electron chi connectivity index (χ4n) is 1.53. The molecule has 1 unspecified atom stereocenters. The lowest BCUT2D eigenvalue weighted by atomic mass is 10.2. The van der Waals surface area contributed by atoms with Crippen LogP contribution in [-0.4, -0.2) is 35.0 Å². The number of methoxy groups -OCH3 is 1. The molecular formula is C11H20BrN3OS. The van der Waals surface area contributed by atoms with Crippen molar-refractivity contribution in [3.8, 4) is 0 Å². The van der Waals surface area contributed by atoms with Crippen LogP contribution in [0.1, 0.15) is 25.1 Å². The summed E-state index contributed by atoms with van der Waals surface area (Å²) < 4.78 is 7.97. The normalized spacial score (nSPS) is 12.9. The number of ether oxygens (including phenoxy) is 1. The molecule has 0 spiro atoms. The van der Waals surface area contributed by atoms with E-state index in [-0.39, 0.29) is 6.04 Å². The lowest BCUT2D eigenvalue weighted by Gasteiger charge is -2.14. The van der Waals surface area contributed by atoms with Crippen molar-refractivity contribution in [1.82, 2.24) is 9.78 Å². The van der Waals surface area contributed by atoms with E-state index in [1.807, 2.05) is 16.4 Å². The van der Waals surface area contributed by atoms with Gasteiger partial charge in [-0.05, 0) is 28.1 Å². The van der Waals surface area contributed by atoms with Crippen LogP contribution in [-0.2, 0) is 11.3 Å². The van der Waals surface area contributed by atoms with E-state index < -0.39 is 0 Å². The van der Waals surface area contributed by atoms with Gasteiger partial charge in [-0.25, -0.2) is 0 Å². The zero-order chi connectivity index (χ0) is 12.7. The Morgan fingerprint density at radius 2 is 2.41 bits per heavy atom. The lowest BCUT2D eigenvalue weighted by Crippen LogP contribution is -2.20. The summed E-state index contributed by atoms with van der Waals surface area (Å²) in [6.07, 6.45) is 2.98. The summed E-state index contributed by atoms with van der Waals surface area (Å²) in [5.74, 6) is 2.07. The maximum atomic E-state index is 6.20. The van der Waals surface area contributed by atoms with Crippen molar-refractivity contribution < 1.29 is 4.74 Å². The number of halogens is 1. The first-order chi connectivity index (χ1) is 8.20. The van der Waals surface area contributed by atoms with Crippen molar-refractivity contribution in [3.05, 3.63) is 16.4 Å². The molecular weight excluding hydrogens is 302 g/mol. The van der Waals surface area contributed by atoms with Crippen LogP contribution in [0.3, 0.4) is 0 Å². The smallest absolute Gasteiger partial charge is 0.0702 e. The van der Waals surface area contributed by atoms with E-state index >= 15 is 0 Å². The lowest BCUT2D eigenvalue weighted by molar-refractivity contribution is 0.182. The van der Waals surface area contributed by atoms with E-state index in [4.69, 9.17) is 10.5 Å². The summed E-state index contributed by atoms with van der Waals surface area (Å²) in [4.78, 5) is 0. The molecule has 0 aliphatic heterocycles. The minimum atomic E-state index is 0.0141. The van der Waals surface area contributed by atoms with Gasteiger partial charge >= 0.3 is 0 Å². The number of nitrogens with two attached hydrogens (primary N) is 1. The van der Waals surface area contributed by atoms with Crippen LogP contribution in [0, 0.1) is 0 Å². The van der Waals surface area contributed by atoms with Crippen molar-refractivity contribution in [2.75, 3.05) is 25.2 Å². The molecule has 17 heavy (non-hydrogen) atoms. The second-order valence-corrected chi connectivity index (χ2v) is 5.78. The quantitative estimate of drug-likeness (QED) is 0.747. The Morgan fingerprint density at radius 3 is 3.06 bits per heavy atom. The summed E-state index contributed by atoms with van der Waals surface area (Å²) >= 11 is 5.39. The monoisotopic (exact) mass is 321 g/mol. The molecule has 1 heterocycles. The van der Waals surface area contributed by atoms with Crippen LogP contribution >= 0.6 is 27.7 Å². The molecule has 1 aromatic rings. The maximum Gasteiger partial charge on any atom is 0.0702 e. The fourth-order valence-corrected chi connectivity index (χ4v) is 2.99. The third-order valence-corrected chi connectivity index (χ3v) is 4.24. The molecule has 98 valence electrons. The molecule has 1 aromatic heterocycles. The summed E-state index contributed by atoms with van der Waals surface area (Å²) in [5, 5.41) is 4.30. The highest BCUT2D eigenvalue weighted by atomic mass is 79.9. The molecule has 6 heteroatoms.